The monoisotopic (exact) mass is 239 g/mol. The minimum atomic E-state index is -4.77. The lowest BCUT2D eigenvalue weighted by molar-refractivity contribution is -0.271. The fraction of sp³-hybridized carbons (Fsp3) is 0.556. The maximum absolute atomic E-state index is 12.8. The molecular weight excluding hydrogens is 227 g/mol. The fourth-order valence-corrected chi connectivity index (χ4v) is 2.50. The summed E-state index contributed by atoms with van der Waals surface area (Å²) in [4.78, 5) is -0.134. The van der Waals surface area contributed by atoms with Gasteiger partial charge in [-0.1, -0.05) is 0 Å². The molecule has 0 saturated carbocycles. The highest BCUT2D eigenvalue weighted by atomic mass is 32.1. The number of halogens is 3. The summed E-state index contributed by atoms with van der Waals surface area (Å²) in [5.74, 6) is 0. The molecule has 0 aliphatic rings. The molecule has 1 aromatic rings. The second-order valence-corrected chi connectivity index (χ2v) is 4.40. The second kappa shape index (κ2) is 3.77. The predicted molar refractivity (Wildman–Crippen MR) is 52.7 cm³/mol. The average Bonchev–Trinajstić information content (AvgIpc) is 2.47. The molecule has 6 heteroatoms. The van der Waals surface area contributed by atoms with E-state index in [0.29, 0.717) is 5.56 Å². The van der Waals surface area contributed by atoms with E-state index in [-0.39, 0.29) is 4.88 Å². The van der Waals surface area contributed by atoms with Crippen LogP contribution in [0.2, 0.25) is 0 Å². The van der Waals surface area contributed by atoms with E-state index in [1.165, 1.54) is 18.4 Å². The number of aryl methyl sites for hydroxylation is 1. The highest BCUT2D eigenvalue weighted by Crippen LogP contribution is 2.44. The molecule has 3 N–H and O–H groups in total. The van der Waals surface area contributed by atoms with Crippen LogP contribution in [0.3, 0.4) is 0 Å². The van der Waals surface area contributed by atoms with Crippen LogP contribution < -0.4 is 5.73 Å². The number of rotatable bonds is 2. The zero-order valence-corrected chi connectivity index (χ0v) is 9.12. The maximum atomic E-state index is 12.8. The number of alkyl halides is 3. The van der Waals surface area contributed by atoms with Gasteiger partial charge in [-0.2, -0.15) is 13.2 Å². The molecule has 1 rings (SSSR count). The fourth-order valence-electron chi connectivity index (χ4n) is 1.36. The average molecular weight is 239 g/mol. The molecular formula is C9H12F3NOS. The van der Waals surface area contributed by atoms with Crippen LogP contribution in [0.25, 0.3) is 0 Å². The molecule has 2 nitrogen and oxygen atoms in total. The molecule has 0 fully saturated rings. The van der Waals surface area contributed by atoms with Crippen molar-refractivity contribution in [2.24, 2.45) is 5.73 Å². The SMILES string of the molecule is Cc1ccsc1C(O)(C(C)N)C(F)(F)F. The summed E-state index contributed by atoms with van der Waals surface area (Å²) in [6.07, 6.45) is -4.77. The van der Waals surface area contributed by atoms with Crippen molar-refractivity contribution < 1.29 is 18.3 Å². The molecule has 0 aliphatic carbocycles. The van der Waals surface area contributed by atoms with Crippen molar-refractivity contribution in [2.75, 3.05) is 0 Å². The van der Waals surface area contributed by atoms with Gasteiger partial charge in [0.25, 0.3) is 0 Å². The van der Waals surface area contributed by atoms with Gasteiger partial charge in [-0.15, -0.1) is 11.3 Å². The van der Waals surface area contributed by atoms with Crippen molar-refractivity contribution in [3.8, 4) is 0 Å². The van der Waals surface area contributed by atoms with Gasteiger partial charge in [0.1, 0.15) is 0 Å². The molecule has 0 bridgehead atoms. The van der Waals surface area contributed by atoms with Gasteiger partial charge in [0, 0.05) is 10.9 Å². The first kappa shape index (κ1) is 12.5. The van der Waals surface area contributed by atoms with Crippen LogP contribution in [0, 0.1) is 6.92 Å². The summed E-state index contributed by atoms with van der Waals surface area (Å²) < 4.78 is 38.3. The van der Waals surface area contributed by atoms with Crippen LogP contribution in [0.15, 0.2) is 11.4 Å². The third-order valence-corrected chi connectivity index (χ3v) is 3.44. The van der Waals surface area contributed by atoms with Crippen molar-refractivity contribution in [3.05, 3.63) is 21.9 Å². The van der Waals surface area contributed by atoms with Gasteiger partial charge < -0.3 is 10.8 Å². The lowest BCUT2D eigenvalue weighted by atomic mass is 9.91. The molecule has 15 heavy (non-hydrogen) atoms. The van der Waals surface area contributed by atoms with Crippen molar-refractivity contribution in [3.63, 3.8) is 0 Å². The van der Waals surface area contributed by atoms with E-state index >= 15 is 0 Å². The molecule has 2 atom stereocenters. The van der Waals surface area contributed by atoms with Crippen LogP contribution in [0.4, 0.5) is 13.2 Å². The van der Waals surface area contributed by atoms with Crippen LogP contribution in [-0.4, -0.2) is 17.3 Å². The van der Waals surface area contributed by atoms with Gasteiger partial charge in [-0.3, -0.25) is 0 Å². The van der Waals surface area contributed by atoms with Crippen molar-refractivity contribution >= 4 is 11.3 Å². The van der Waals surface area contributed by atoms with E-state index in [2.05, 4.69) is 0 Å². The Balaban J connectivity index is 3.32. The van der Waals surface area contributed by atoms with Crippen LogP contribution in [0.1, 0.15) is 17.4 Å². The summed E-state index contributed by atoms with van der Waals surface area (Å²) >= 11 is 0.862. The summed E-state index contributed by atoms with van der Waals surface area (Å²) in [6.45, 7) is 2.66. The lowest BCUT2D eigenvalue weighted by Gasteiger charge is -2.33. The molecule has 1 aromatic heterocycles. The van der Waals surface area contributed by atoms with E-state index in [9.17, 15) is 18.3 Å². The lowest BCUT2D eigenvalue weighted by Crippen LogP contribution is -2.54. The quantitative estimate of drug-likeness (QED) is 0.830. The van der Waals surface area contributed by atoms with Crippen LogP contribution in [0.5, 0.6) is 0 Å². The minimum Gasteiger partial charge on any atom is -0.375 e. The van der Waals surface area contributed by atoms with Crippen molar-refractivity contribution in [1.82, 2.24) is 0 Å². The Bertz CT molecular complexity index is 347. The first-order chi connectivity index (χ1) is 6.71. The molecule has 0 radical (unpaired) electrons. The largest absolute Gasteiger partial charge is 0.423 e. The number of nitrogens with two attached hydrogens (primary N) is 1. The first-order valence-corrected chi connectivity index (χ1v) is 5.18. The van der Waals surface area contributed by atoms with Crippen molar-refractivity contribution in [1.29, 1.82) is 0 Å². The molecule has 0 spiro atoms. The van der Waals surface area contributed by atoms with Crippen LogP contribution in [-0.2, 0) is 5.60 Å². The summed E-state index contributed by atoms with van der Waals surface area (Å²) in [6, 6.07) is 0.119. The number of thiophene rings is 1. The highest BCUT2D eigenvalue weighted by Gasteiger charge is 2.58. The Hall–Kier alpha value is -0.590. The smallest absolute Gasteiger partial charge is 0.375 e. The van der Waals surface area contributed by atoms with E-state index in [1.54, 1.807) is 0 Å². The van der Waals surface area contributed by atoms with E-state index in [4.69, 9.17) is 5.73 Å². The Morgan fingerprint density at radius 3 is 2.27 bits per heavy atom. The van der Waals surface area contributed by atoms with E-state index in [1.807, 2.05) is 0 Å². The summed E-state index contributed by atoms with van der Waals surface area (Å²) in [5.41, 5.74) is 2.70. The maximum Gasteiger partial charge on any atom is 0.423 e. The third-order valence-electron chi connectivity index (χ3n) is 2.30. The molecule has 2 unspecified atom stereocenters. The van der Waals surface area contributed by atoms with Crippen molar-refractivity contribution in [2.45, 2.75) is 31.7 Å². The number of hydrogen-bond acceptors (Lipinski definition) is 3. The molecule has 0 saturated heterocycles. The predicted octanol–water partition coefficient (Wildman–Crippen LogP) is 2.15. The zero-order valence-electron chi connectivity index (χ0n) is 8.30. The zero-order chi connectivity index (χ0) is 11.9. The summed E-state index contributed by atoms with van der Waals surface area (Å²) in [7, 11) is 0. The first-order valence-electron chi connectivity index (χ1n) is 4.30. The van der Waals surface area contributed by atoms with Gasteiger partial charge in [-0.25, -0.2) is 0 Å². The van der Waals surface area contributed by atoms with E-state index < -0.39 is 17.8 Å². The normalized spacial score (nSPS) is 18.6. The molecule has 0 aliphatic heterocycles. The van der Waals surface area contributed by atoms with Gasteiger partial charge in [0.2, 0.25) is 5.60 Å². The Morgan fingerprint density at radius 1 is 1.47 bits per heavy atom. The van der Waals surface area contributed by atoms with Gasteiger partial charge in [0.05, 0.1) is 0 Å². The molecule has 1 heterocycles. The van der Waals surface area contributed by atoms with Gasteiger partial charge in [-0.05, 0) is 30.9 Å². The highest BCUT2D eigenvalue weighted by molar-refractivity contribution is 7.10. The number of hydrogen-bond donors (Lipinski definition) is 2. The Morgan fingerprint density at radius 2 is 2.00 bits per heavy atom. The topological polar surface area (TPSA) is 46.2 Å². The number of aliphatic hydroxyl groups is 1. The standard InChI is InChI=1S/C9H12F3NOS/c1-5-3-4-15-7(5)8(14,6(2)13)9(10,11)12/h3-4,6,14H,13H2,1-2H3. The van der Waals surface area contributed by atoms with Crippen LogP contribution >= 0.6 is 11.3 Å². The van der Waals surface area contributed by atoms with Gasteiger partial charge in [0.15, 0.2) is 0 Å². The molecule has 0 amide bonds. The van der Waals surface area contributed by atoms with E-state index in [0.717, 1.165) is 18.3 Å². The second-order valence-electron chi connectivity index (χ2n) is 3.49. The molecule has 86 valence electrons. The Labute approximate surface area is 89.5 Å². The third kappa shape index (κ3) is 1.89. The minimum absolute atomic E-state index is 0.134. The Kier molecular flexibility index (Phi) is 3.14. The molecule has 0 aromatic carbocycles. The van der Waals surface area contributed by atoms with Gasteiger partial charge >= 0.3 is 6.18 Å². The summed E-state index contributed by atoms with van der Waals surface area (Å²) in [5, 5.41) is 11.2.